The van der Waals surface area contributed by atoms with Crippen molar-refractivity contribution in [1.82, 2.24) is 0 Å². The average Bonchev–Trinajstić information content (AvgIpc) is 2.90. The summed E-state index contributed by atoms with van der Waals surface area (Å²) < 4.78 is 5.71. The minimum absolute atomic E-state index is 0.0654. The molecule has 1 fully saturated rings. The van der Waals surface area contributed by atoms with Gasteiger partial charge in [0.15, 0.2) is 5.78 Å². The fourth-order valence-electron chi connectivity index (χ4n) is 3.56. The standard InChI is InChI=1S/C21H28O3/c1-7-8-9-10-15-14(4)18(12-17(15)22)24-20(23)19-16(11-13(2)3)21(19,5)6/h7-9,11,16,18-19H,1,10,12H2,2-6H3/b9-8-/t16-,18+,19?/m1/s1. The largest absolute Gasteiger partial charge is 0.457 e. The molecule has 0 aromatic carbocycles. The number of Topliss-reactive ketones (excluding diaryl/α,β-unsaturated/α-hetero) is 1. The molecule has 0 aliphatic heterocycles. The van der Waals surface area contributed by atoms with Crippen LogP contribution in [-0.4, -0.2) is 17.9 Å². The molecule has 24 heavy (non-hydrogen) atoms. The molecule has 0 bridgehead atoms. The highest BCUT2D eigenvalue weighted by atomic mass is 16.5. The van der Waals surface area contributed by atoms with E-state index in [-0.39, 0.29) is 35.4 Å². The third-order valence-electron chi connectivity index (χ3n) is 5.20. The first-order valence-electron chi connectivity index (χ1n) is 8.56. The van der Waals surface area contributed by atoms with Gasteiger partial charge >= 0.3 is 5.97 Å². The van der Waals surface area contributed by atoms with Gasteiger partial charge in [0.05, 0.1) is 12.3 Å². The zero-order chi connectivity index (χ0) is 18.1. The van der Waals surface area contributed by atoms with Crippen molar-refractivity contribution in [3.63, 3.8) is 0 Å². The quantitative estimate of drug-likeness (QED) is 0.408. The van der Waals surface area contributed by atoms with E-state index in [9.17, 15) is 9.59 Å². The molecule has 0 aromatic heterocycles. The van der Waals surface area contributed by atoms with Crippen LogP contribution in [0.4, 0.5) is 0 Å². The predicted octanol–water partition coefficient (Wildman–Crippen LogP) is 4.56. The van der Waals surface area contributed by atoms with E-state index in [1.54, 1.807) is 6.08 Å². The monoisotopic (exact) mass is 328 g/mol. The minimum atomic E-state index is -0.402. The maximum absolute atomic E-state index is 12.6. The summed E-state index contributed by atoms with van der Waals surface area (Å²) in [5.41, 5.74) is 2.80. The molecule has 2 rings (SSSR count). The molecule has 130 valence electrons. The molecule has 0 N–H and O–H groups in total. The zero-order valence-corrected chi connectivity index (χ0v) is 15.4. The summed E-state index contributed by atoms with van der Waals surface area (Å²) >= 11 is 0. The zero-order valence-electron chi connectivity index (χ0n) is 15.4. The van der Waals surface area contributed by atoms with Gasteiger partial charge in [-0.15, -0.1) is 0 Å². The first-order chi connectivity index (χ1) is 11.2. The fourth-order valence-corrected chi connectivity index (χ4v) is 3.56. The Morgan fingerprint density at radius 3 is 2.62 bits per heavy atom. The maximum Gasteiger partial charge on any atom is 0.310 e. The molecule has 1 saturated carbocycles. The third-order valence-corrected chi connectivity index (χ3v) is 5.20. The summed E-state index contributed by atoms with van der Waals surface area (Å²) in [4.78, 5) is 24.8. The van der Waals surface area contributed by atoms with E-state index in [2.05, 4.69) is 26.5 Å². The van der Waals surface area contributed by atoms with E-state index in [0.717, 1.165) is 11.1 Å². The van der Waals surface area contributed by atoms with Crippen LogP contribution in [0.2, 0.25) is 0 Å². The Morgan fingerprint density at radius 1 is 1.38 bits per heavy atom. The number of ether oxygens (including phenoxy) is 1. The highest BCUT2D eigenvalue weighted by Gasteiger charge is 2.61. The van der Waals surface area contributed by atoms with Crippen LogP contribution in [0.1, 0.15) is 47.5 Å². The van der Waals surface area contributed by atoms with E-state index in [1.165, 1.54) is 5.57 Å². The second kappa shape index (κ2) is 6.92. The van der Waals surface area contributed by atoms with Crippen LogP contribution < -0.4 is 0 Å². The van der Waals surface area contributed by atoms with E-state index >= 15 is 0 Å². The van der Waals surface area contributed by atoms with E-state index in [4.69, 9.17) is 4.74 Å². The Labute approximate surface area is 145 Å². The van der Waals surface area contributed by atoms with Crippen LogP contribution in [0.15, 0.2) is 47.6 Å². The molecule has 0 radical (unpaired) electrons. The minimum Gasteiger partial charge on any atom is -0.457 e. The molecule has 2 aliphatic carbocycles. The van der Waals surface area contributed by atoms with E-state index in [1.807, 2.05) is 32.9 Å². The average molecular weight is 328 g/mol. The molecule has 0 saturated heterocycles. The van der Waals surface area contributed by atoms with Crippen molar-refractivity contribution in [2.75, 3.05) is 0 Å². The topological polar surface area (TPSA) is 43.4 Å². The van der Waals surface area contributed by atoms with Crippen LogP contribution in [0, 0.1) is 17.3 Å². The fraction of sp³-hybridized carbons (Fsp3) is 0.524. The van der Waals surface area contributed by atoms with Gasteiger partial charge in [0.25, 0.3) is 0 Å². The second-order valence-electron chi connectivity index (χ2n) is 7.65. The predicted molar refractivity (Wildman–Crippen MR) is 96.4 cm³/mol. The number of hydrogen-bond donors (Lipinski definition) is 0. The molecular weight excluding hydrogens is 300 g/mol. The number of hydrogen-bond acceptors (Lipinski definition) is 3. The molecule has 3 heteroatoms. The Morgan fingerprint density at radius 2 is 2.04 bits per heavy atom. The van der Waals surface area contributed by atoms with Crippen molar-refractivity contribution in [2.24, 2.45) is 17.3 Å². The van der Waals surface area contributed by atoms with Gasteiger partial charge < -0.3 is 4.74 Å². The number of rotatable bonds is 6. The lowest BCUT2D eigenvalue weighted by atomic mass is 10.1. The number of allylic oxidation sites excluding steroid dienone is 6. The molecule has 1 unspecified atom stereocenters. The first kappa shape index (κ1) is 18.4. The van der Waals surface area contributed by atoms with Gasteiger partial charge in [-0.2, -0.15) is 0 Å². The molecule has 0 amide bonds. The molecule has 3 nitrogen and oxygen atoms in total. The molecule has 3 atom stereocenters. The highest BCUT2D eigenvalue weighted by molar-refractivity contribution is 6.00. The Hall–Kier alpha value is -1.90. The number of ketones is 1. The van der Waals surface area contributed by atoms with Gasteiger partial charge in [0.1, 0.15) is 6.10 Å². The molecule has 0 aromatic rings. The normalized spacial score (nSPS) is 28.2. The second-order valence-corrected chi connectivity index (χ2v) is 7.65. The van der Waals surface area contributed by atoms with Gasteiger partial charge in [0.2, 0.25) is 0 Å². The Kier molecular flexibility index (Phi) is 5.32. The molecular formula is C21H28O3. The smallest absolute Gasteiger partial charge is 0.310 e. The number of carbonyl (C=O) groups excluding carboxylic acids is 2. The van der Waals surface area contributed by atoms with Crippen molar-refractivity contribution in [3.8, 4) is 0 Å². The van der Waals surface area contributed by atoms with Gasteiger partial charge in [-0.05, 0) is 44.1 Å². The van der Waals surface area contributed by atoms with Gasteiger partial charge in [-0.3, -0.25) is 9.59 Å². The summed E-state index contributed by atoms with van der Waals surface area (Å²) in [5, 5.41) is 0. The molecule has 2 aliphatic rings. The van der Waals surface area contributed by atoms with Gasteiger partial charge in [-0.1, -0.05) is 50.3 Å². The number of carbonyl (C=O) groups is 2. The van der Waals surface area contributed by atoms with Crippen molar-refractivity contribution in [2.45, 2.75) is 53.6 Å². The van der Waals surface area contributed by atoms with Crippen molar-refractivity contribution in [1.29, 1.82) is 0 Å². The number of esters is 1. The van der Waals surface area contributed by atoms with Gasteiger partial charge in [-0.25, -0.2) is 0 Å². The first-order valence-corrected chi connectivity index (χ1v) is 8.56. The maximum atomic E-state index is 12.6. The van der Waals surface area contributed by atoms with Crippen LogP contribution in [-0.2, 0) is 14.3 Å². The lowest BCUT2D eigenvalue weighted by Crippen LogP contribution is -2.20. The third kappa shape index (κ3) is 3.61. The summed E-state index contributed by atoms with van der Waals surface area (Å²) in [6.07, 6.45) is 8.01. The molecule has 0 heterocycles. The highest BCUT2D eigenvalue weighted by Crippen LogP contribution is 2.60. The lowest BCUT2D eigenvalue weighted by molar-refractivity contribution is -0.150. The summed E-state index contributed by atoms with van der Waals surface area (Å²) in [7, 11) is 0. The summed E-state index contributed by atoms with van der Waals surface area (Å²) in [6.45, 7) is 13.8. The summed E-state index contributed by atoms with van der Waals surface area (Å²) in [5.74, 6) is 0.0175. The van der Waals surface area contributed by atoms with Crippen LogP contribution in [0.25, 0.3) is 0 Å². The Balaban J connectivity index is 2.05. The van der Waals surface area contributed by atoms with Crippen LogP contribution in [0.3, 0.4) is 0 Å². The lowest BCUT2D eigenvalue weighted by Gasteiger charge is -2.13. The SMILES string of the molecule is C=C/C=C\CC1=C(C)[C@@H](OC(=O)C2[C@@H](C=C(C)C)C2(C)C)CC1=O. The van der Waals surface area contributed by atoms with Crippen molar-refractivity contribution in [3.05, 3.63) is 47.6 Å². The van der Waals surface area contributed by atoms with Crippen LogP contribution >= 0.6 is 0 Å². The van der Waals surface area contributed by atoms with E-state index in [0.29, 0.717) is 6.42 Å². The Bertz CT molecular complexity index is 642. The summed E-state index contributed by atoms with van der Waals surface area (Å²) in [6, 6.07) is 0. The van der Waals surface area contributed by atoms with Crippen molar-refractivity contribution < 1.29 is 14.3 Å². The van der Waals surface area contributed by atoms with E-state index < -0.39 is 6.10 Å². The van der Waals surface area contributed by atoms with Gasteiger partial charge in [0, 0.05) is 5.57 Å². The molecule has 0 spiro atoms. The van der Waals surface area contributed by atoms with Crippen molar-refractivity contribution >= 4 is 11.8 Å². The van der Waals surface area contributed by atoms with Crippen LogP contribution in [0.5, 0.6) is 0 Å².